The number of rotatable bonds is 1. The summed E-state index contributed by atoms with van der Waals surface area (Å²) in [5.41, 5.74) is 6.95. The Morgan fingerprint density at radius 1 is 1.22 bits per heavy atom. The lowest BCUT2D eigenvalue weighted by molar-refractivity contribution is 0.436. The first-order chi connectivity index (χ1) is 8.66. The van der Waals surface area contributed by atoms with Gasteiger partial charge in [-0.25, -0.2) is 0 Å². The summed E-state index contributed by atoms with van der Waals surface area (Å²) in [5.74, 6) is 0.348. The van der Waals surface area contributed by atoms with Gasteiger partial charge in [-0.05, 0) is 29.0 Å². The molecule has 0 bridgehead atoms. The van der Waals surface area contributed by atoms with Gasteiger partial charge in [0.1, 0.15) is 5.75 Å². The average Bonchev–Trinajstić information content (AvgIpc) is 2.76. The highest BCUT2D eigenvalue weighted by Gasteiger charge is 2.15. The number of nitrogens with zero attached hydrogens (tertiary/aromatic N) is 1. The van der Waals surface area contributed by atoms with E-state index in [0.717, 1.165) is 15.2 Å². The van der Waals surface area contributed by atoms with Crippen molar-refractivity contribution in [2.45, 2.75) is 0 Å². The molecule has 0 unspecified atom stereocenters. The minimum Gasteiger partial charge on any atom is -0.507 e. The van der Waals surface area contributed by atoms with E-state index >= 15 is 0 Å². The Labute approximate surface area is 111 Å². The number of anilines is 1. The maximum Gasteiger partial charge on any atom is 0.230 e. The molecule has 0 amide bonds. The quantitative estimate of drug-likeness (QED) is 0.721. The second-order valence-corrected chi connectivity index (χ2v) is 4.84. The molecule has 0 radical (unpaired) electrons. The molecule has 0 aliphatic heterocycles. The molecule has 3 rings (SSSR count). The van der Waals surface area contributed by atoms with Crippen LogP contribution in [0.2, 0.25) is 0 Å². The predicted molar refractivity (Wildman–Crippen MR) is 73.2 cm³/mol. The molecular formula is C13H9BrN2O2. The van der Waals surface area contributed by atoms with Gasteiger partial charge in [-0.2, -0.15) is 0 Å². The molecule has 0 aliphatic carbocycles. The smallest absolute Gasteiger partial charge is 0.230 e. The summed E-state index contributed by atoms with van der Waals surface area (Å²) in [7, 11) is 0. The molecule has 0 fully saturated rings. The highest BCUT2D eigenvalue weighted by atomic mass is 79.9. The van der Waals surface area contributed by atoms with Crippen molar-refractivity contribution in [3.05, 3.63) is 41.0 Å². The van der Waals surface area contributed by atoms with E-state index in [4.69, 9.17) is 10.3 Å². The zero-order valence-corrected chi connectivity index (χ0v) is 10.8. The normalized spacial score (nSPS) is 10.9. The van der Waals surface area contributed by atoms with E-state index in [1.54, 1.807) is 6.07 Å². The maximum atomic E-state index is 10.0. The van der Waals surface area contributed by atoms with Crippen LogP contribution in [-0.2, 0) is 0 Å². The van der Waals surface area contributed by atoms with E-state index in [2.05, 4.69) is 21.1 Å². The molecule has 18 heavy (non-hydrogen) atoms. The topological polar surface area (TPSA) is 72.3 Å². The van der Waals surface area contributed by atoms with Gasteiger partial charge in [-0.15, -0.1) is 0 Å². The number of halogens is 1. The van der Waals surface area contributed by atoms with Crippen LogP contribution in [0.4, 0.5) is 5.88 Å². The third kappa shape index (κ3) is 1.64. The van der Waals surface area contributed by atoms with Gasteiger partial charge in [0.25, 0.3) is 0 Å². The Hall–Kier alpha value is -2.01. The highest BCUT2D eigenvalue weighted by Crippen LogP contribution is 2.39. The first kappa shape index (κ1) is 11.1. The Morgan fingerprint density at radius 2 is 2.06 bits per heavy atom. The van der Waals surface area contributed by atoms with Crippen molar-refractivity contribution >= 4 is 32.6 Å². The number of benzene rings is 2. The van der Waals surface area contributed by atoms with E-state index < -0.39 is 0 Å². The van der Waals surface area contributed by atoms with E-state index in [1.807, 2.05) is 24.3 Å². The fraction of sp³-hybridized carbons (Fsp3) is 0. The van der Waals surface area contributed by atoms with E-state index in [-0.39, 0.29) is 11.6 Å². The van der Waals surface area contributed by atoms with Crippen LogP contribution in [0.1, 0.15) is 0 Å². The molecule has 3 N–H and O–H groups in total. The third-order valence-corrected chi connectivity index (χ3v) is 3.32. The van der Waals surface area contributed by atoms with Crippen LogP contribution in [0, 0.1) is 0 Å². The fourth-order valence-corrected chi connectivity index (χ4v) is 2.39. The van der Waals surface area contributed by atoms with Gasteiger partial charge in [0.2, 0.25) is 5.88 Å². The Morgan fingerprint density at radius 3 is 2.78 bits per heavy atom. The van der Waals surface area contributed by atoms with Gasteiger partial charge in [0, 0.05) is 10.0 Å². The first-order valence-electron chi connectivity index (χ1n) is 5.28. The van der Waals surface area contributed by atoms with E-state index in [0.29, 0.717) is 11.1 Å². The van der Waals surface area contributed by atoms with E-state index in [1.165, 1.54) is 6.20 Å². The van der Waals surface area contributed by atoms with Crippen LogP contribution in [-0.4, -0.2) is 10.3 Å². The zero-order chi connectivity index (χ0) is 12.7. The van der Waals surface area contributed by atoms with Crippen molar-refractivity contribution < 1.29 is 9.63 Å². The summed E-state index contributed by atoms with van der Waals surface area (Å²) in [6.45, 7) is 0. The van der Waals surface area contributed by atoms with Crippen LogP contribution in [0.15, 0.2) is 45.5 Å². The Balaban J connectivity index is 2.41. The molecule has 3 aromatic rings. The van der Waals surface area contributed by atoms with Crippen molar-refractivity contribution in [1.29, 1.82) is 0 Å². The standard InChI is InChI=1S/C13H9BrN2O2/c14-8-2-3-9-7(5-8)1-4-11(17)12(9)10-6-16-18-13(10)15/h1-6,17H,15H2. The maximum absolute atomic E-state index is 10.0. The fourth-order valence-electron chi connectivity index (χ4n) is 2.01. The molecule has 0 saturated heterocycles. The molecular weight excluding hydrogens is 296 g/mol. The molecule has 4 nitrogen and oxygen atoms in total. The van der Waals surface area contributed by atoms with Crippen LogP contribution in [0.3, 0.4) is 0 Å². The number of aromatic nitrogens is 1. The number of aromatic hydroxyl groups is 1. The number of nitrogen functional groups attached to an aromatic ring is 1. The highest BCUT2D eigenvalue weighted by molar-refractivity contribution is 9.10. The van der Waals surface area contributed by atoms with Crippen molar-refractivity contribution in [3.8, 4) is 16.9 Å². The Bertz CT molecular complexity index is 737. The SMILES string of the molecule is Nc1oncc1-c1c(O)ccc2cc(Br)ccc12. The molecule has 0 aliphatic rings. The van der Waals surface area contributed by atoms with Crippen molar-refractivity contribution in [1.82, 2.24) is 5.16 Å². The minimum absolute atomic E-state index is 0.153. The molecule has 5 heteroatoms. The summed E-state index contributed by atoms with van der Waals surface area (Å²) < 4.78 is 5.83. The number of phenolic OH excluding ortho intramolecular Hbond substituents is 1. The summed E-state index contributed by atoms with van der Waals surface area (Å²) >= 11 is 3.42. The predicted octanol–water partition coefficient (Wildman–Crippen LogP) is 3.55. The van der Waals surface area contributed by atoms with E-state index in [9.17, 15) is 5.11 Å². The van der Waals surface area contributed by atoms with Crippen LogP contribution >= 0.6 is 15.9 Å². The molecule has 0 spiro atoms. The second kappa shape index (κ2) is 4.03. The number of fused-ring (bicyclic) bond motifs is 1. The van der Waals surface area contributed by atoms with Crippen LogP contribution in [0.5, 0.6) is 5.75 Å². The van der Waals surface area contributed by atoms with Gasteiger partial charge in [0.05, 0.1) is 11.8 Å². The molecule has 0 saturated carbocycles. The largest absolute Gasteiger partial charge is 0.507 e. The van der Waals surface area contributed by atoms with Gasteiger partial charge in [0.15, 0.2) is 0 Å². The average molecular weight is 305 g/mol. The van der Waals surface area contributed by atoms with Gasteiger partial charge in [-0.1, -0.05) is 33.2 Å². The number of hydrogen-bond donors (Lipinski definition) is 2. The van der Waals surface area contributed by atoms with Crippen molar-refractivity contribution in [3.63, 3.8) is 0 Å². The lowest BCUT2D eigenvalue weighted by Gasteiger charge is -2.08. The van der Waals surface area contributed by atoms with Gasteiger partial charge in [-0.3, -0.25) is 0 Å². The lowest BCUT2D eigenvalue weighted by atomic mass is 9.99. The third-order valence-electron chi connectivity index (χ3n) is 2.83. The summed E-state index contributed by atoms with van der Waals surface area (Å²) in [6, 6.07) is 9.29. The lowest BCUT2D eigenvalue weighted by Crippen LogP contribution is -1.87. The van der Waals surface area contributed by atoms with Crippen LogP contribution < -0.4 is 5.73 Å². The zero-order valence-electron chi connectivity index (χ0n) is 9.22. The first-order valence-corrected chi connectivity index (χ1v) is 6.08. The summed E-state index contributed by atoms with van der Waals surface area (Å²) in [5, 5.41) is 15.6. The minimum atomic E-state index is 0.153. The molecule has 1 heterocycles. The molecule has 90 valence electrons. The molecule has 2 aromatic carbocycles. The monoisotopic (exact) mass is 304 g/mol. The molecule has 0 atom stereocenters. The van der Waals surface area contributed by atoms with Crippen molar-refractivity contribution in [2.75, 3.05) is 5.73 Å². The number of phenols is 1. The van der Waals surface area contributed by atoms with Crippen molar-refractivity contribution in [2.24, 2.45) is 0 Å². The van der Waals surface area contributed by atoms with Crippen LogP contribution in [0.25, 0.3) is 21.9 Å². The number of hydrogen-bond acceptors (Lipinski definition) is 4. The second-order valence-electron chi connectivity index (χ2n) is 3.93. The van der Waals surface area contributed by atoms with Gasteiger partial charge < -0.3 is 15.4 Å². The Kier molecular flexibility index (Phi) is 2.48. The number of nitrogens with two attached hydrogens (primary N) is 1. The van der Waals surface area contributed by atoms with Gasteiger partial charge >= 0.3 is 0 Å². The molecule has 1 aromatic heterocycles. The summed E-state index contributed by atoms with van der Waals surface area (Å²) in [6.07, 6.45) is 1.51. The summed E-state index contributed by atoms with van der Waals surface area (Å²) in [4.78, 5) is 0.